The van der Waals surface area contributed by atoms with Crippen molar-refractivity contribution in [3.63, 3.8) is 0 Å². The molecule has 0 radical (unpaired) electrons. The normalized spacial score (nSPS) is 22.9. The molecule has 3 atom stereocenters. The third-order valence-corrected chi connectivity index (χ3v) is 7.37. The Kier molecular flexibility index (Phi) is 5.38. The zero-order valence-electron chi connectivity index (χ0n) is 16.3. The minimum absolute atomic E-state index is 0.164. The van der Waals surface area contributed by atoms with E-state index < -0.39 is 11.7 Å². The number of fused-ring (bicyclic) bond motifs is 2. The van der Waals surface area contributed by atoms with E-state index in [0.717, 1.165) is 28.2 Å². The van der Waals surface area contributed by atoms with Gasteiger partial charge in [-0.05, 0) is 60.9 Å². The lowest BCUT2D eigenvalue weighted by Crippen LogP contribution is -2.30. The second kappa shape index (κ2) is 7.66. The van der Waals surface area contributed by atoms with Crippen LogP contribution in [-0.4, -0.2) is 6.04 Å². The van der Waals surface area contributed by atoms with Gasteiger partial charge in [-0.2, -0.15) is 13.2 Å². The van der Waals surface area contributed by atoms with Crippen LogP contribution in [0.1, 0.15) is 56.2 Å². The summed E-state index contributed by atoms with van der Waals surface area (Å²) in [5.41, 5.74) is 2.26. The Labute approximate surface area is 169 Å². The highest BCUT2D eigenvalue weighted by Crippen LogP contribution is 2.46. The van der Waals surface area contributed by atoms with Crippen molar-refractivity contribution in [1.82, 2.24) is 0 Å². The fourth-order valence-corrected chi connectivity index (χ4v) is 5.71. The van der Waals surface area contributed by atoms with Crippen LogP contribution >= 0.6 is 11.8 Å². The molecule has 0 amide bonds. The summed E-state index contributed by atoms with van der Waals surface area (Å²) >= 11 is 1.45. The lowest BCUT2D eigenvalue weighted by molar-refractivity contribution is -0.137. The maximum Gasteiger partial charge on any atom is 0.416 e. The predicted molar refractivity (Wildman–Crippen MR) is 109 cm³/mol. The summed E-state index contributed by atoms with van der Waals surface area (Å²) in [6.45, 7) is 4.40. The number of hydrogen-bond acceptors (Lipinski definition) is 2. The quantitative estimate of drug-likeness (QED) is 0.488. The van der Waals surface area contributed by atoms with Gasteiger partial charge in [0.2, 0.25) is 0 Å². The van der Waals surface area contributed by atoms with Gasteiger partial charge in [0, 0.05) is 27.9 Å². The first kappa shape index (κ1) is 19.7. The monoisotopic (exact) mass is 405 g/mol. The Bertz CT molecular complexity index is 861. The molecule has 1 aliphatic heterocycles. The van der Waals surface area contributed by atoms with Crippen LogP contribution in [0.5, 0.6) is 0 Å². The van der Waals surface area contributed by atoms with Gasteiger partial charge in [0.15, 0.2) is 0 Å². The molecule has 150 valence electrons. The largest absolute Gasteiger partial charge is 0.416 e. The van der Waals surface area contributed by atoms with Crippen LogP contribution in [0, 0.1) is 11.8 Å². The average molecular weight is 406 g/mol. The highest BCUT2D eigenvalue weighted by molar-refractivity contribution is 7.99. The highest BCUT2D eigenvalue weighted by atomic mass is 32.2. The first-order chi connectivity index (χ1) is 13.3. The van der Waals surface area contributed by atoms with Crippen LogP contribution in [0.2, 0.25) is 0 Å². The fraction of sp³-hybridized carbons (Fsp3) is 0.478. The Morgan fingerprint density at radius 2 is 1.89 bits per heavy atom. The minimum atomic E-state index is -4.34. The average Bonchev–Trinajstić information content (AvgIpc) is 2.65. The van der Waals surface area contributed by atoms with Crippen LogP contribution in [-0.2, 0) is 12.6 Å². The SMILES string of the molecule is CC1CCCC(C(C)Nc2cc(C(F)(F)F)cc3c2Cc2ccccc2S3)C1. The van der Waals surface area contributed by atoms with E-state index in [1.54, 1.807) is 0 Å². The maximum atomic E-state index is 13.5. The lowest BCUT2D eigenvalue weighted by Gasteiger charge is -2.33. The van der Waals surface area contributed by atoms with Gasteiger partial charge in [0.1, 0.15) is 0 Å². The first-order valence-corrected chi connectivity index (χ1v) is 10.9. The van der Waals surface area contributed by atoms with Gasteiger partial charge < -0.3 is 5.32 Å². The number of nitrogens with one attached hydrogen (secondary N) is 1. The van der Waals surface area contributed by atoms with E-state index in [4.69, 9.17) is 0 Å². The molecule has 1 nitrogen and oxygen atoms in total. The van der Waals surface area contributed by atoms with Crippen molar-refractivity contribution in [2.75, 3.05) is 5.32 Å². The smallest absolute Gasteiger partial charge is 0.382 e. The fourth-order valence-electron chi connectivity index (χ4n) is 4.57. The third-order valence-electron chi connectivity index (χ3n) is 6.16. The van der Waals surface area contributed by atoms with Crippen LogP contribution in [0.3, 0.4) is 0 Å². The van der Waals surface area contributed by atoms with Crippen molar-refractivity contribution in [2.24, 2.45) is 11.8 Å². The number of anilines is 1. The molecule has 2 aliphatic rings. The van der Waals surface area contributed by atoms with Crippen molar-refractivity contribution in [2.45, 2.75) is 68.0 Å². The number of hydrogen-bond donors (Lipinski definition) is 1. The van der Waals surface area contributed by atoms with E-state index in [1.165, 1.54) is 42.3 Å². The molecule has 0 spiro atoms. The Morgan fingerprint density at radius 1 is 1.11 bits per heavy atom. The molecule has 4 rings (SSSR count). The second-order valence-corrected chi connectivity index (χ2v) is 9.43. The van der Waals surface area contributed by atoms with Crippen molar-refractivity contribution < 1.29 is 13.2 Å². The van der Waals surface area contributed by atoms with Gasteiger partial charge in [-0.15, -0.1) is 0 Å². The lowest BCUT2D eigenvalue weighted by atomic mass is 9.79. The maximum absolute atomic E-state index is 13.5. The van der Waals surface area contributed by atoms with Gasteiger partial charge >= 0.3 is 6.18 Å². The molecule has 28 heavy (non-hydrogen) atoms. The van der Waals surface area contributed by atoms with Crippen molar-refractivity contribution in [3.05, 3.63) is 53.1 Å². The summed E-state index contributed by atoms with van der Waals surface area (Å²) in [7, 11) is 0. The van der Waals surface area contributed by atoms with Gasteiger partial charge in [-0.3, -0.25) is 0 Å². The standard InChI is InChI=1S/C23H26F3NS/c1-14-6-5-8-16(10-14)15(2)27-20-12-18(23(24,25)26)13-22-19(20)11-17-7-3-4-9-21(17)28-22/h3-4,7,9,12-16,27H,5-6,8,10-11H2,1-2H3. The number of rotatable bonds is 3. The molecule has 3 unspecified atom stereocenters. The number of halogens is 3. The van der Waals surface area contributed by atoms with Crippen LogP contribution in [0.25, 0.3) is 0 Å². The molecule has 2 aromatic carbocycles. The molecular formula is C23H26F3NS. The summed E-state index contributed by atoms with van der Waals surface area (Å²) in [6, 6.07) is 10.8. The number of alkyl halides is 3. The van der Waals surface area contributed by atoms with Crippen LogP contribution in [0.15, 0.2) is 46.2 Å². The van der Waals surface area contributed by atoms with E-state index in [-0.39, 0.29) is 6.04 Å². The molecule has 1 saturated carbocycles. The molecular weight excluding hydrogens is 379 g/mol. The predicted octanol–water partition coefficient (Wildman–Crippen LogP) is 7.39. The van der Waals surface area contributed by atoms with Gasteiger partial charge in [-0.1, -0.05) is 49.7 Å². The Hall–Kier alpha value is -1.62. The van der Waals surface area contributed by atoms with Crippen molar-refractivity contribution >= 4 is 17.4 Å². The Balaban J connectivity index is 1.68. The van der Waals surface area contributed by atoms with Crippen molar-refractivity contribution in [3.8, 4) is 0 Å². The minimum Gasteiger partial charge on any atom is -0.382 e. The van der Waals surface area contributed by atoms with Gasteiger partial charge in [0.05, 0.1) is 5.56 Å². The van der Waals surface area contributed by atoms with E-state index in [2.05, 4.69) is 25.2 Å². The Morgan fingerprint density at radius 3 is 2.64 bits per heavy atom. The molecule has 1 aliphatic carbocycles. The summed E-state index contributed by atoms with van der Waals surface area (Å²) in [5, 5.41) is 3.49. The van der Waals surface area contributed by atoms with E-state index in [1.807, 2.05) is 18.2 Å². The third kappa shape index (κ3) is 4.05. The van der Waals surface area contributed by atoms with E-state index in [0.29, 0.717) is 23.9 Å². The molecule has 0 bridgehead atoms. The van der Waals surface area contributed by atoms with Crippen LogP contribution in [0.4, 0.5) is 18.9 Å². The molecule has 1 N–H and O–H groups in total. The molecule has 2 aromatic rings. The van der Waals surface area contributed by atoms with Gasteiger partial charge in [0.25, 0.3) is 0 Å². The highest BCUT2D eigenvalue weighted by Gasteiger charge is 2.34. The molecule has 0 aromatic heterocycles. The summed E-state index contributed by atoms with van der Waals surface area (Å²) in [4.78, 5) is 1.77. The first-order valence-electron chi connectivity index (χ1n) is 10.1. The topological polar surface area (TPSA) is 12.0 Å². The van der Waals surface area contributed by atoms with Crippen molar-refractivity contribution in [1.29, 1.82) is 0 Å². The molecule has 1 heterocycles. The summed E-state index contributed by atoms with van der Waals surface area (Å²) in [5.74, 6) is 1.21. The van der Waals surface area contributed by atoms with Crippen LogP contribution < -0.4 is 5.32 Å². The van der Waals surface area contributed by atoms with E-state index >= 15 is 0 Å². The molecule has 0 saturated heterocycles. The second-order valence-electron chi connectivity index (χ2n) is 8.35. The summed E-state index contributed by atoms with van der Waals surface area (Å²) in [6.07, 6.45) is 1.10. The van der Waals surface area contributed by atoms with E-state index in [9.17, 15) is 13.2 Å². The molecule has 1 fully saturated rings. The summed E-state index contributed by atoms with van der Waals surface area (Å²) < 4.78 is 40.6. The molecule has 5 heteroatoms. The zero-order valence-corrected chi connectivity index (χ0v) is 17.1. The van der Waals surface area contributed by atoms with Gasteiger partial charge in [-0.25, -0.2) is 0 Å². The number of benzene rings is 2. The zero-order chi connectivity index (χ0) is 19.9.